The average molecular weight is 335 g/mol. The Morgan fingerprint density at radius 2 is 2.05 bits per heavy atom. The van der Waals surface area contributed by atoms with Crippen molar-refractivity contribution in [3.05, 3.63) is 52.0 Å². The van der Waals surface area contributed by atoms with Crippen LogP contribution in [0.25, 0.3) is 0 Å². The number of anilines is 3. The molecule has 2 aromatic carbocycles. The van der Waals surface area contributed by atoms with Crippen LogP contribution in [0.2, 0.25) is 0 Å². The number of methoxy groups -OCH3 is 1. The zero-order chi connectivity index (χ0) is 14.7. The SMILES string of the molecule is COC(=O)c1cccc(Nc2ccc(C)c(Br)c2)c1N. The third kappa shape index (κ3) is 2.93. The molecule has 2 aromatic rings. The van der Waals surface area contributed by atoms with E-state index in [1.165, 1.54) is 7.11 Å². The molecule has 0 aromatic heterocycles. The van der Waals surface area contributed by atoms with E-state index >= 15 is 0 Å². The molecule has 0 fully saturated rings. The minimum absolute atomic E-state index is 0.351. The molecule has 104 valence electrons. The predicted octanol–water partition coefficient (Wildman–Crippen LogP) is 3.87. The molecule has 0 spiro atoms. The zero-order valence-corrected chi connectivity index (χ0v) is 12.8. The van der Waals surface area contributed by atoms with Crippen molar-refractivity contribution in [2.24, 2.45) is 0 Å². The van der Waals surface area contributed by atoms with Gasteiger partial charge in [0.05, 0.1) is 24.0 Å². The van der Waals surface area contributed by atoms with Gasteiger partial charge in [0, 0.05) is 10.2 Å². The summed E-state index contributed by atoms with van der Waals surface area (Å²) in [6, 6.07) is 11.1. The number of nitrogens with two attached hydrogens (primary N) is 1. The molecule has 0 amide bonds. The minimum atomic E-state index is -0.448. The number of nitrogens with one attached hydrogen (secondary N) is 1. The van der Waals surface area contributed by atoms with Crippen LogP contribution in [0, 0.1) is 6.92 Å². The van der Waals surface area contributed by atoms with Crippen molar-refractivity contribution in [2.45, 2.75) is 6.92 Å². The molecular weight excluding hydrogens is 320 g/mol. The first-order valence-electron chi connectivity index (χ1n) is 6.03. The molecule has 4 nitrogen and oxygen atoms in total. The number of halogens is 1. The third-order valence-corrected chi connectivity index (χ3v) is 3.82. The van der Waals surface area contributed by atoms with Crippen molar-refractivity contribution in [3.8, 4) is 0 Å². The Hall–Kier alpha value is -2.01. The van der Waals surface area contributed by atoms with Crippen LogP contribution in [0.15, 0.2) is 40.9 Å². The van der Waals surface area contributed by atoms with Crippen LogP contribution in [0.3, 0.4) is 0 Å². The Labute approximate surface area is 126 Å². The average Bonchev–Trinajstić information content (AvgIpc) is 2.44. The quantitative estimate of drug-likeness (QED) is 0.660. The molecule has 2 rings (SSSR count). The van der Waals surface area contributed by atoms with Gasteiger partial charge in [0.15, 0.2) is 0 Å². The van der Waals surface area contributed by atoms with Gasteiger partial charge in [-0.1, -0.05) is 28.1 Å². The van der Waals surface area contributed by atoms with Crippen molar-refractivity contribution < 1.29 is 9.53 Å². The Morgan fingerprint density at radius 1 is 1.30 bits per heavy atom. The maximum atomic E-state index is 11.6. The van der Waals surface area contributed by atoms with E-state index in [1.807, 2.05) is 31.2 Å². The summed E-state index contributed by atoms with van der Waals surface area (Å²) in [7, 11) is 1.33. The van der Waals surface area contributed by atoms with E-state index in [1.54, 1.807) is 12.1 Å². The molecule has 5 heteroatoms. The Kier molecular flexibility index (Phi) is 4.29. The highest BCUT2D eigenvalue weighted by atomic mass is 79.9. The third-order valence-electron chi connectivity index (χ3n) is 2.96. The molecule has 0 heterocycles. The largest absolute Gasteiger partial charge is 0.465 e. The maximum absolute atomic E-state index is 11.6. The smallest absolute Gasteiger partial charge is 0.340 e. The fourth-order valence-corrected chi connectivity index (χ4v) is 2.17. The highest BCUT2D eigenvalue weighted by molar-refractivity contribution is 9.10. The normalized spacial score (nSPS) is 10.2. The standard InChI is InChI=1S/C15H15BrN2O2/c1-9-6-7-10(8-12(9)16)18-13-5-3-4-11(14(13)17)15(19)20-2/h3-8,18H,17H2,1-2H3. The summed E-state index contributed by atoms with van der Waals surface area (Å²) in [6.45, 7) is 2.01. The van der Waals surface area contributed by atoms with Crippen LogP contribution >= 0.6 is 15.9 Å². The number of benzene rings is 2. The second kappa shape index (κ2) is 5.96. The number of nitrogen functional groups attached to an aromatic ring is 1. The van der Waals surface area contributed by atoms with Gasteiger partial charge >= 0.3 is 5.97 Å². The van der Waals surface area contributed by atoms with Gasteiger partial charge in [-0.05, 0) is 36.8 Å². The molecule has 0 saturated heterocycles. The van der Waals surface area contributed by atoms with Crippen molar-refractivity contribution in [3.63, 3.8) is 0 Å². The van der Waals surface area contributed by atoms with Gasteiger partial charge in [-0.15, -0.1) is 0 Å². The fourth-order valence-electron chi connectivity index (χ4n) is 1.79. The van der Waals surface area contributed by atoms with E-state index in [0.717, 1.165) is 15.7 Å². The van der Waals surface area contributed by atoms with E-state index in [9.17, 15) is 4.79 Å². The summed E-state index contributed by atoms with van der Waals surface area (Å²) < 4.78 is 5.71. The highest BCUT2D eigenvalue weighted by Gasteiger charge is 2.12. The number of aryl methyl sites for hydroxylation is 1. The first kappa shape index (κ1) is 14.4. The van der Waals surface area contributed by atoms with Gasteiger partial charge in [0.2, 0.25) is 0 Å². The number of hydrogen-bond donors (Lipinski definition) is 2. The molecule has 0 atom stereocenters. The van der Waals surface area contributed by atoms with Crippen molar-refractivity contribution >= 4 is 39.0 Å². The van der Waals surface area contributed by atoms with Crippen LogP contribution < -0.4 is 11.1 Å². The molecule has 0 aliphatic rings. The van der Waals surface area contributed by atoms with Crippen molar-refractivity contribution in [1.82, 2.24) is 0 Å². The second-order valence-electron chi connectivity index (χ2n) is 4.35. The van der Waals surface area contributed by atoms with Crippen LogP contribution in [0.4, 0.5) is 17.1 Å². The maximum Gasteiger partial charge on any atom is 0.340 e. The van der Waals surface area contributed by atoms with Crippen molar-refractivity contribution in [1.29, 1.82) is 0 Å². The Bertz CT molecular complexity index is 656. The molecule has 0 aliphatic carbocycles. The van der Waals surface area contributed by atoms with Gasteiger partial charge < -0.3 is 15.8 Å². The number of esters is 1. The van der Waals surface area contributed by atoms with Crippen LogP contribution in [-0.4, -0.2) is 13.1 Å². The predicted molar refractivity (Wildman–Crippen MR) is 84.4 cm³/mol. The van der Waals surface area contributed by atoms with E-state index < -0.39 is 5.97 Å². The topological polar surface area (TPSA) is 64.3 Å². The summed E-state index contributed by atoms with van der Waals surface area (Å²) in [5.41, 5.74) is 9.42. The molecular formula is C15H15BrN2O2. The first-order chi connectivity index (χ1) is 9.52. The fraction of sp³-hybridized carbons (Fsp3) is 0.133. The first-order valence-corrected chi connectivity index (χ1v) is 6.82. The van der Waals surface area contributed by atoms with Crippen LogP contribution in [0.1, 0.15) is 15.9 Å². The molecule has 0 bridgehead atoms. The minimum Gasteiger partial charge on any atom is -0.465 e. The molecule has 0 aliphatic heterocycles. The Balaban J connectivity index is 2.34. The molecule has 0 radical (unpaired) electrons. The summed E-state index contributed by atoms with van der Waals surface area (Å²) >= 11 is 3.48. The summed E-state index contributed by atoms with van der Waals surface area (Å²) in [6.07, 6.45) is 0. The number of para-hydroxylation sites is 1. The lowest BCUT2D eigenvalue weighted by molar-refractivity contribution is 0.0602. The van der Waals surface area contributed by atoms with E-state index in [4.69, 9.17) is 10.5 Å². The van der Waals surface area contributed by atoms with Crippen LogP contribution in [0.5, 0.6) is 0 Å². The lowest BCUT2D eigenvalue weighted by Crippen LogP contribution is -2.07. The summed E-state index contributed by atoms with van der Waals surface area (Å²) in [4.78, 5) is 11.6. The van der Waals surface area contributed by atoms with Gasteiger partial charge in [-0.2, -0.15) is 0 Å². The monoisotopic (exact) mass is 334 g/mol. The molecule has 0 unspecified atom stereocenters. The number of ether oxygens (including phenoxy) is 1. The zero-order valence-electron chi connectivity index (χ0n) is 11.2. The van der Waals surface area contributed by atoms with Gasteiger partial charge in [-0.25, -0.2) is 4.79 Å². The summed E-state index contributed by atoms with van der Waals surface area (Å²) in [5.74, 6) is -0.448. The highest BCUT2D eigenvalue weighted by Crippen LogP contribution is 2.28. The van der Waals surface area contributed by atoms with Gasteiger partial charge in [-0.3, -0.25) is 0 Å². The second-order valence-corrected chi connectivity index (χ2v) is 5.20. The molecule has 0 saturated carbocycles. The van der Waals surface area contributed by atoms with Gasteiger partial charge in [0.1, 0.15) is 0 Å². The lowest BCUT2D eigenvalue weighted by atomic mass is 10.1. The van der Waals surface area contributed by atoms with Gasteiger partial charge in [0.25, 0.3) is 0 Å². The van der Waals surface area contributed by atoms with Crippen LogP contribution in [-0.2, 0) is 4.74 Å². The van der Waals surface area contributed by atoms with E-state index in [0.29, 0.717) is 16.9 Å². The number of carbonyl (C=O) groups excluding carboxylic acids is 1. The number of rotatable bonds is 3. The number of carbonyl (C=O) groups is 1. The Morgan fingerprint density at radius 3 is 2.70 bits per heavy atom. The molecule has 20 heavy (non-hydrogen) atoms. The van der Waals surface area contributed by atoms with E-state index in [-0.39, 0.29) is 0 Å². The number of hydrogen-bond acceptors (Lipinski definition) is 4. The summed E-state index contributed by atoms with van der Waals surface area (Å²) in [5, 5.41) is 3.20. The lowest BCUT2D eigenvalue weighted by Gasteiger charge is -2.12. The van der Waals surface area contributed by atoms with Crippen molar-refractivity contribution in [2.75, 3.05) is 18.2 Å². The van der Waals surface area contributed by atoms with E-state index in [2.05, 4.69) is 21.2 Å². The molecule has 3 N–H and O–H groups in total.